The highest BCUT2D eigenvalue weighted by atomic mass is 16.9. The van der Waals surface area contributed by atoms with Crippen LogP contribution in [0.2, 0.25) is 0 Å². The standard InChI is InChI=1S/C13H27O5/c1-7-14-12(15-8-2)13(16-9-3,17-10-4)18-11(5)6/h11-12H,3,7-10H2,1-2,4-6H3. The molecule has 0 saturated heterocycles. The van der Waals surface area contributed by atoms with Crippen molar-refractivity contribution in [1.82, 2.24) is 0 Å². The van der Waals surface area contributed by atoms with Crippen LogP contribution < -0.4 is 0 Å². The second-order valence-corrected chi connectivity index (χ2v) is 3.79. The minimum absolute atomic E-state index is 0.0912. The summed E-state index contributed by atoms with van der Waals surface area (Å²) in [4.78, 5) is 0. The van der Waals surface area contributed by atoms with Gasteiger partial charge in [-0.25, -0.2) is 0 Å². The SMILES string of the molecule is [CH2]COC(OCC)(OC(C)C)C(OCC)OCC. The van der Waals surface area contributed by atoms with Crippen molar-refractivity contribution in [3.8, 4) is 0 Å². The van der Waals surface area contributed by atoms with Gasteiger partial charge in [0.25, 0.3) is 0 Å². The fraction of sp³-hybridized carbons (Fsp3) is 0.923. The summed E-state index contributed by atoms with van der Waals surface area (Å²) in [5.41, 5.74) is 0. The Hall–Kier alpha value is -0.200. The van der Waals surface area contributed by atoms with Gasteiger partial charge < -0.3 is 23.7 Å². The van der Waals surface area contributed by atoms with E-state index in [1.807, 2.05) is 34.6 Å². The smallest absolute Gasteiger partial charge is 0.337 e. The normalized spacial score (nSPS) is 12.7. The van der Waals surface area contributed by atoms with Gasteiger partial charge in [0.05, 0.1) is 12.7 Å². The second kappa shape index (κ2) is 9.69. The summed E-state index contributed by atoms with van der Waals surface area (Å²) in [5, 5.41) is 0. The van der Waals surface area contributed by atoms with Gasteiger partial charge in [-0.1, -0.05) is 0 Å². The molecule has 18 heavy (non-hydrogen) atoms. The summed E-state index contributed by atoms with van der Waals surface area (Å²) in [6, 6.07) is 0. The molecule has 0 heterocycles. The summed E-state index contributed by atoms with van der Waals surface area (Å²) >= 11 is 0. The van der Waals surface area contributed by atoms with Crippen LogP contribution in [0.15, 0.2) is 0 Å². The Morgan fingerprint density at radius 3 is 1.83 bits per heavy atom. The quantitative estimate of drug-likeness (QED) is 0.535. The molecule has 0 aromatic heterocycles. The molecule has 5 heteroatoms. The Balaban J connectivity index is 5.03. The van der Waals surface area contributed by atoms with Gasteiger partial charge in [0.2, 0.25) is 6.29 Å². The van der Waals surface area contributed by atoms with Crippen molar-refractivity contribution in [2.75, 3.05) is 26.4 Å². The van der Waals surface area contributed by atoms with Gasteiger partial charge in [0, 0.05) is 19.8 Å². The molecule has 0 bridgehead atoms. The molecule has 0 fully saturated rings. The zero-order valence-corrected chi connectivity index (χ0v) is 12.2. The van der Waals surface area contributed by atoms with Gasteiger partial charge in [0.1, 0.15) is 0 Å². The van der Waals surface area contributed by atoms with Crippen molar-refractivity contribution in [3.63, 3.8) is 0 Å². The van der Waals surface area contributed by atoms with Gasteiger partial charge in [-0.15, -0.1) is 0 Å². The van der Waals surface area contributed by atoms with Crippen LogP contribution in [0, 0.1) is 6.92 Å². The molecule has 0 aliphatic rings. The zero-order chi connectivity index (χ0) is 14.0. The number of rotatable bonds is 11. The van der Waals surface area contributed by atoms with E-state index in [0.717, 1.165) is 0 Å². The van der Waals surface area contributed by atoms with Crippen molar-refractivity contribution in [2.24, 2.45) is 0 Å². The molecule has 1 unspecified atom stereocenters. The molecule has 0 N–H and O–H groups in total. The Labute approximate surface area is 111 Å². The highest BCUT2D eigenvalue weighted by molar-refractivity contribution is 4.66. The van der Waals surface area contributed by atoms with Crippen molar-refractivity contribution < 1.29 is 23.7 Å². The van der Waals surface area contributed by atoms with E-state index in [-0.39, 0.29) is 12.7 Å². The first kappa shape index (κ1) is 17.8. The largest absolute Gasteiger partial charge is 0.346 e. The maximum Gasteiger partial charge on any atom is 0.337 e. The lowest BCUT2D eigenvalue weighted by molar-refractivity contribution is -0.459. The molecular formula is C13H27O5. The van der Waals surface area contributed by atoms with E-state index in [4.69, 9.17) is 23.7 Å². The molecule has 0 aliphatic carbocycles. The van der Waals surface area contributed by atoms with Crippen molar-refractivity contribution >= 4 is 0 Å². The van der Waals surface area contributed by atoms with Gasteiger partial charge in [-0.05, 0) is 41.5 Å². The highest BCUT2D eigenvalue weighted by Gasteiger charge is 2.45. The summed E-state index contributed by atoms with van der Waals surface area (Å²) in [6.07, 6.45) is -0.830. The highest BCUT2D eigenvalue weighted by Crippen LogP contribution is 2.26. The number of ether oxygens (including phenoxy) is 5. The lowest BCUT2D eigenvalue weighted by atomic mass is 10.4. The fourth-order valence-corrected chi connectivity index (χ4v) is 1.53. The predicted molar refractivity (Wildman–Crippen MR) is 68.9 cm³/mol. The molecule has 0 spiro atoms. The van der Waals surface area contributed by atoms with Crippen LogP contribution in [0.25, 0.3) is 0 Å². The number of hydrogen-bond donors (Lipinski definition) is 0. The molecular weight excluding hydrogens is 236 g/mol. The van der Waals surface area contributed by atoms with Gasteiger partial charge in [-0.3, -0.25) is 0 Å². The Morgan fingerprint density at radius 1 is 0.944 bits per heavy atom. The van der Waals surface area contributed by atoms with Crippen molar-refractivity contribution in [2.45, 2.75) is 53.0 Å². The summed E-state index contributed by atoms with van der Waals surface area (Å²) in [7, 11) is 0. The minimum atomic E-state index is -1.36. The Kier molecular flexibility index (Phi) is 9.59. The van der Waals surface area contributed by atoms with E-state index >= 15 is 0 Å². The lowest BCUT2D eigenvalue weighted by Crippen LogP contribution is -2.53. The summed E-state index contributed by atoms with van der Waals surface area (Å²) in [5.74, 6) is -1.36. The van der Waals surface area contributed by atoms with Crippen LogP contribution in [-0.2, 0) is 23.7 Å². The average Bonchev–Trinajstić information content (AvgIpc) is 2.28. The van der Waals surface area contributed by atoms with Crippen LogP contribution in [0.5, 0.6) is 0 Å². The monoisotopic (exact) mass is 263 g/mol. The Bertz CT molecular complexity index is 184. The van der Waals surface area contributed by atoms with Gasteiger partial charge in [-0.2, -0.15) is 0 Å². The maximum atomic E-state index is 5.75. The van der Waals surface area contributed by atoms with Gasteiger partial charge >= 0.3 is 5.97 Å². The average molecular weight is 263 g/mol. The maximum absolute atomic E-state index is 5.75. The first-order chi connectivity index (χ1) is 8.56. The predicted octanol–water partition coefficient (Wildman–Crippen LogP) is 2.35. The first-order valence-electron chi connectivity index (χ1n) is 6.54. The van der Waals surface area contributed by atoms with Crippen LogP contribution in [-0.4, -0.2) is 44.8 Å². The van der Waals surface area contributed by atoms with Crippen molar-refractivity contribution in [3.05, 3.63) is 6.92 Å². The molecule has 0 rings (SSSR count). The fourth-order valence-electron chi connectivity index (χ4n) is 1.53. The molecule has 0 aliphatic heterocycles. The second-order valence-electron chi connectivity index (χ2n) is 3.79. The molecule has 0 aromatic rings. The molecule has 1 radical (unpaired) electrons. The van der Waals surface area contributed by atoms with Crippen LogP contribution in [0.1, 0.15) is 34.6 Å². The third-order valence-corrected chi connectivity index (χ3v) is 1.97. The topological polar surface area (TPSA) is 46.2 Å². The van der Waals surface area contributed by atoms with E-state index in [0.29, 0.717) is 19.8 Å². The zero-order valence-electron chi connectivity index (χ0n) is 12.2. The van der Waals surface area contributed by atoms with E-state index in [1.165, 1.54) is 0 Å². The van der Waals surface area contributed by atoms with Crippen LogP contribution in [0.4, 0.5) is 0 Å². The molecule has 0 aromatic carbocycles. The van der Waals surface area contributed by atoms with E-state index < -0.39 is 12.3 Å². The van der Waals surface area contributed by atoms with Crippen LogP contribution >= 0.6 is 0 Å². The van der Waals surface area contributed by atoms with Gasteiger partial charge in [0.15, 0.2) is 0 Å². The summed E-state index contributed by atoms with van der Waals surface area (Å²) in [6.45, 7) is 14.6. The molecule has 0 amide bonds. The van der Waals surface area contributed by atoms with E-state index in [2.05, 4.69) is 6.92 Å². The van der Waals surface area contributed by atoms with E-state index in [9.17, 15) is 0 Å². The first-order valence-corrected chi connectivity index (χ1v) is 6.54. The third-order valence-electron chi connectivity index (χ3n) is 1.97. The minimum Gasteiger partial charge on any atom is -0.346 e. The molecule has 0 saturated carbocycles. The Morgan fingerprint density at radius 2 is 1.50 bits per heavy atom. The molecule has 5 nitrogen and oxygen atoms in total. The van der Waals surface area contributed by atoms with E-state index in [1.54, 1.807) is 0 Å². The third kappa shape index (κ3) is 5.63. The lowest BCUT2D eigenvalue weighted by Gasteiger charge is -2.39. The molecule has 109 valence electrons. The molecule has 1 atom stereocenters. The summed E-state index contributed by atoms with van der Waals surface area (Å²) < 4.78 is 28.0. The van der Waals surface area contributed by atoms with Crippen molar-refractivity contribution in [1.29, 1.82) is 0 Å². The van der Waals surface area contributed by atoms with Crippen LogP contribution in [0.3, 0.4) is 0 Å². The number of hydrogen-bond acceptors (Lipinski definition) is 5.